The topological polar surface area (TPSA) is 79.6 Å². The zero-order chi connectivity index (χ0) is 22.2. The van der Waals surface area contributed by atoms with Crippen LogP contribution in [0.25, 0.3) is 0 Å². The number of nitrogens with one attached hydrogen (secondary N) is 1. The Morgan fingerprint density at radius 2 is 1.66 bits per heavy atom. The van der Waals surface area contributed by atoms with Crippen molar-refractivity contribution in [2.75, 3.05) is 6.61 Å². The number of oxime groups is 1. The average molecular weight is 446 g/mol. The lowest BCUT2D eigenvalue weighted by molar-refractivity contribution is -0.143. The van der Waals surface area contributed by atoms with E-state index in [1.807, 2.05) is 0 Å². The summed E-state index contributed by atoms with van der Waals surface area (Å²) in [5.74, 6) is 0.319. The normalized spacial score (nSPS) is 16.0. The van der Waals surface area contributed by atoms with Crippen molar-refractivity contribution in [3.63, 3.8) is 0 Å². The molecule has 0 amide bonds. The SMILES string of the molecule is C/C(=N\OCC1CCCCC1)c1ccc(C(F)(F)F)cc1C(F)(F)F.N=S(=O)=O. The molecule has 0 bridgehead atoms. The standard InChI is InChI=1S/C17H19F6NO.HNO2S/c1-11(24-25-10-12-5-3-2-4-6-12)14-8-7-13(16(18,19)20)9-15(14)17(21,22)23;1-4(2)3/h7-9,12H,2-6,10H2,1H3;1H/b24-11+;. The molecule has 1 saturated carbocycles. The highest BCUT2D eigenvalue weighted by Gasteiger charge is 2.38. The highest BCUT2D eigenvalue weighted by molar-refractivity contribution is 7.60. The van der Waals surface area contributed by atoms with Gasteiger partial charge in [-0.05, 0) is 37.8 Å². The molecular weight excluding hydrogens is 426 g/mol. The van der Waals surface area contributed by atoms with E-state index in [4.69, 9.17) is 18.0 Å². The molecule has 0 saturated heterocycles. The molecule has 1 aliphatic carbocycles. The van der Waals surface area contributed by atoms with Crippen molar-refractivity contribution in [3.05, 3.63) is 34.9 Å². The van der Waals surface area contributed by atoms with Crippen molar-refractivity contribution in [3.8, 4) is 0 Å². The summed E-state index contributed by atoms with van der Waals surface area (Å²) < 4.78 is 100. The summed E-state index contributed by atoms with van der Waals surface area (Å²) >= 11 is 0. The van der Waals surface area contributed by atoms with Crippen molar-refractivity contribution in [1.82, 2.24) is 0 Å². The van der Waals surface area contributed by atoms with Gasteiger partial charge in [-0.2, -0.15) is 39.5 Å². The quantitative estimate of drug-likeness (QED) is 0.368. The Bertz CT molecular complexity index is 807. The van der Waals surface area contributed by atoms with Gasteiger partial charge in [-0.3, -0.25) is 0 Å². The van der Waals surface area contributed by atoms with Crippen LogP contribution in [-0.2, 0) is 27.7 Å². The molecule has 0 atom stereocenters. The zero-order valence-corrected chi connectivity index (χ0v) is 16.2. The van der Waals surface area contributed by atoms with Gasteiger partial charge in [0.15, 0.2) is 0 Å². The molecule has 0 spiro atoms. The summed E-state index contributed by atoms with van der Waals surface area (Å²) in [5.41, 5.74) is -3.23. The maximum atomic E-state index is 13.1. The number of rotatable bonds is 4. The van der Waals surface area contributed by atoms with Gasteiger partial charge in [0, 0.05) is 5.56 Å². The van der Waals surface area contributed by atoms with Gasteiger partial charge in [0.25, 0.3) is 0 Å². The molecule has 0 unspecified atom stereocenters. The monoisotopic (exact) mass is 446 g/mol. The summed E-state index contributed by atoms with van der Waals surface area (Å²) in [6.45, 7) is 1.60. The Morgan fingerprint density at radius 1 is 1.10 bits per heavy atom. The van der Waals surface area contributed by atoms with Crippen molar-refractivity contribution in [1.29, 1.82) is 4.78 Å². The minimum Gasteiger partial charge on any atom is -0.395 e. The van der Waals surface area contributed by atoms with Crippen LogP contribution >= 0.6 is 0 Å². The molecule has 1 fully saturated rings. The highest BCUT2D eigenvalue weighted by atomic mass is 32.2. The minimum atomic E-state index is -4.92. The van der Waals surface area contributed by atoms with Crippen molar-refractivity contribution in [2.24, 2.45) is 11.1 Å². The van der Waals surface area contributed by atoms with Gasteiger partial charge in [0.2, 0.25) is 0 Å². The second-order valence-corrected chi connectivity index (χ2v) is 6.94. The van der Waals surface area contributed by atoms with Crippen LogP contribution in [-0.4, -0.2) is 20.7 Å². The van der Waals surface area contributed by atoms with Crippen molar-refractivity contribution in [2.45, 2.75) is 51.4 Å². The molecule has 1 aliphatic rings. The maximum Gasteiger partial charge on any atom is 0.417 e. The summed E-state index contributed by atoms with van der Waals surface area (Å²) in [6.07, 6.45) is -4.44. The molecule has 12 heteroatoms. The third kappa shape index (κ3) is 8.84. The minimum absolute atomic E-state index is 0.100. The Labute approximate surface area is 165 Å². The summed E-state index contributed by atoms with van der Waals surface area (Å²) in [4.78, 5) is 5.15. The predicted molar refractivity (Wildman–Crippen MR) is 92.8 cm³/mol. The second kappa shape index (κ2) is 10.6. The number of halogens is 6. The molecule has 1 N–H and O–H groups in total. The van der Waals surface area contributed by atoms with Gasteiger partial charge in [-0.25, -0.2) is 0 Å². The van der Waals surface area contributed by atoms with E-state index >= 15 is 0 Å². The van der Waals surface area contributed by atoms with Gasteiger partial charge < -0.3 is 4.84 Å². The van der Waals surface area contributed by atoms with Crippen LogP contribution in [0.1, 0.15) is 55.7 Å². The maximum absolute atomic E-state index is 13.1. The summed E-state index contributed by atoms with van der Waals surface area (Å²) in [7, 11) is -2.61. The molecule has 2 rings (SSSR count). The van der Waals surface area contributed by atoms with E-state index < -0.39 is 39.5 Å². The van der Waals surface area contributed by atoms with E-state index in [9.17, 15) is 26.3 Å². The molecule has 1 aromatic rings. The first kappa shape index (κ1) is 24.9. The number of nitrogens with zero attached hydrogens (tertiary/aromatic N) is 1. The van der Waals surface area contributed by atoms with E-state index in [1.165, 1.54) is 13.3 Å². The number of hydrogen-bond acceptors (Lipinski definition) is 5. The molecule has 0 aromatic heterocycles. The average Bonchev–Trinajstić information content (AvgIpc) is 2.60. The summed E-state index contributed by atoms with van der Waals surface area (Å²) in [6, 6.07) is 1.51. The van der Waals surface area contributed by atoms with Gasteiger partial charge in [0.1, 0.15) is 6.61 Å². The van der Waals surface area contributed by atoms with Crippen LogP contribution < -0.4 is 0 Å². The molecule has 0 aliphatic heterocycles. The first-order chi connectivity index (χ1) is 13.3. The van der Waals surface area contributed by atoms with E-state index in [0.717, 1.165) is 31.7 Å². The largest absolute Gasteiger partial charge is 0.417 e. The van der Waals surface area contributed by atoms with Crippen LogP contribution in [0.3, 0.4) is 0 Å². The Kier molecular flexibility index (Phi) is 9.12. The van der Waals surface area contributed by atoms with Crippen LogP contribution in [0.4, 0.5) is 26.3 Å². The fourth-order valence-electron chi connectivity index (χ4n) is 2.91. The van der Waals surface area contributed by atoms with Gasteiger partial charge in [0.05, 0.1) is 16.8 Å². The lowest BCUT2D eigenvalue weighted by atomic mass is 9.90. The molecule has 0 heterocycles. The first-order valence-electron chi connectivity index (χ1n) is 8.58. The lowest BCUT2D eigenvalue weighted by Crippen LogP contribution is -2.16. The zero-order valence-electron chi connectivity index (χ0n) is 15.4. The molecule has 1 aromatic carbocycles. The molecule has 0 radical (unpaired) electrons. The second-order valence-electron chi connectivity index (χ2n) is 6.47. The number of alkyl halides is 6. The van der Waals surface area contributed by atoms with Gasteiger partial charge >= 0.3 is 22.9 Å². The van der Waals surface area contributed by atoms with E-state index in [2.05, 4.69) is 5.16 Å². The van der Waals surface area contributed by atoms with Crippen LogP contribution in [0.2, 0.25) is 0 Å². The molecule has 5 nitrogen and oxygen atoms in total. The summed E-state index contributed by atoms with van der Waals surface area (Å²) in [5, 5.41) is 3.69. The molecule has 164 valence electrons. The molecular formula is C17H20F6N2O3S. The predicted octanol–water partition coefficient (Wildman–Crippen LogP) is 5.67. The molecule has 29 heavy (non-hydrogen) atoms. The highest BCUT2D eigenvalue weighted by Crippen LogP contribution is 2.37. The van der Waals surface area contributed by atoms with E-state index in [0.29, 0.717) is 18.6 Å². The third-order valence-electron chi connectivity index (χ3n) is 4.28. The van der Waals surface area contributed by atoms with Crippen molar-refractivity contribution < 1.29 is 39.6 Å². The fourth-order valence-corrected chi connectivity index (χ4v) is 2.91. The third-order valence-corrected chi connectivity index (χ3v) is 4.28. The van der Waals surface area contributed by atoms with E-state index in [-0.39, 0.29) is 11.8 Å². The van der Waals surface area contributed by atoms with Crippen LogP contribution in [0, 0.1) is 10.7 Å². The smallest absolute Gasteiger partial charge is 0.395 e. The van der Waals surface area contributed by atoms with Gasteiger partial charge in [-0.1, -0.05) is 30.5 Å². The Balaban J connectivity index is 0.000000960. The fraction of sp³-hybridized carbons (Fsp3) is 0.588. The van der Waals surface area contributed by atoms with Crippen LogP contribution in [0.15, 0.2) is 23.4 Å². The van der Waals surface area contributed by atoms with Crippen molar-refractivity contribution >= 4 is 16.2 Å². The van der Waals surface area contributed by atoms with Gasteiger partial charge in [-0.15, -0.1) is 0 Å². The van der Waals surface area contributed by atoms with Crippen LogP contribution in [0.5, 0.6) is 0 Å². The number of benzene rings is 1. The van der Waals surface area contributed by atoms with E-state index in [1.54, 1.807) is 0 Å². The number of hydrogen-bond donors (Lipinski definition) is 1. The lowest BCUT2D eigenvalue weighted by Gasteiger charge is -2.20. The first-order valence-corrected chi connectivity index (χ1v) is 9.65. The Morgan fingerprint density at radius 3 is 2.14 bits per heavy atom. The Hall–Kier alpha value is -2.11.